The van der Waals surface area contributed by atoms with Crippen LogP contribution in [0.15, 0.2) is 18.2 Å². The molecule has 0 saturated carbocycles. The van der Waals surface area contributed by atoms with Crippen molar-refractivity contribution in [2.75, 3.05) is 13.1 Å². The summed E-state index contributed by atoms with van der Waals surface area (Å²) in [6.07, 6.45) is 0. The number of carboxylic acid groups (broad SMARTS) is 1. The minimum absolute atomic E-state index is 0.237. The van der Waals surface area contributed by atoms with Crippen molar-refractivity contribution >= 4 is 5.97 Å². The van der Waals surface area contributed by atoms with Gasteiger partial charge in [0.25, 0.3) is 0 Å². The standard InChI is InChI=1S/C13H18FNO2/c1-4-15(5-2)12(13(16)17)10-8-9(3)6-7-11(10)14/h6-8,12H,4-5H2,1-3H3,(H,16,17). The second kappa shape index (κ2) is 5.77. The number of halogens is 1. The number of hydrogen-bond donors (Lipinski definition) is 1. The zero-order valence-electron chi connectivity index (χ0n) is 10.4. The highest BCUT2D eigenvalue weighted by molar-refractivity contribution is 5.75. The summed E-state index contributed by atoms with van der Waals surface area (Å²) in [6.45, 7) is 6.70. The zero-order valence-corrected chi connectivity index (χ0v) is 10.4. The van der Waals surface area contributed by atoms with Gasteiger partial charge in [-0.15, -0.1) is 0 Å². The lowest BCUT2D eigenvalue weighted by Gasteiger charge is -2.26. The quantitative estimate of drug-likeness (QED) is 0.858. The van der Waals surface area contributed by atoms with Crippen LogP contribution in [0, 0.1) is 12.7 Å². The Hall–Kier alpha value is -1.42. The largest absolute Gasteiger partial charge is 0.480 e. The lowest BCUT2D eigenvalue weighted by molar-refractivity contribution is -0.143. The maximum Gasteiger partial charge on any atom is 0.325 e. The first-order valence-corrected chi connectivity index (χ1v) is 5.74. The average Bonchev–Trinajstić information content (AvgIpc) is 2.29. The third-order valence-electron chi connectivity index (χ3n) is 2.86. The van der Waals surface area contributed by atoms with E-state index in [0.717, 1.165) is 5.56 Å². The second-order valence-corrected chi connectivity index (χ2v) is 3.99. The topological polar surface area (TPSA) is 40.5 Å². The summed E-state index contributed by atoms with van der Waals surface area (Å²) in [7, 11) is 0. The maximum absolute atomic E-state index is 13.7. The molecule has 1 aromatic rings. The molecule has 0 spiro atoms. The number of benzene rings is 1. The van der Waals surface area contributed by atoms with Crippen LogP contribution in [0.1, 0.15) is 31.0 Å². The van der Waals surface area contributed by atoms with Crippen LogP contribution in [-0.2, 0) is 4.79 Å². The fourth-order valence-electron chi connectivity index (χ4n) is 1.95. The minimum Gasteiger partial charge on any atom is -0.480 e. The Balaban J connectivity index is 3.22. The molecule has 0 amide bonds. The minimum atomic E-state index is -1.02. The molecule has 0 saturated heterocycles. The van der Waals surface area contributed by atoms with Gasteiger partial charge in [-0.1, -0.05) is 31.5 Å². The molecule has 0 heterocycles. The number of aliphatic carboxylic acids is 1. The van der Waals surface area contributed by atoms with Crippen molar-refractivity contribution in [2.45, 2.75) is 26.8 Å². The van der Waals surface area contributed by atoms with E-state index in [-0.39, 0.29) is 5.56 Å². The number of carbonyl (C=O) groups is 1. The van der Waals surface area contributed by atoms with Gasteiger partial charge < -0.3 is 5.11 Å². The van der Waals surface area contributed by atoms with E-state index < -0.39 is 17.8 Å². The van der Waals surface area contributed by atoms with Gasteiger partial charge in [0.1, 0.15) is 11.9 Å². The van der Waals surface area contributed by atoms with Gasteiger partial charge in [-0.05, 0) is 26.1 Å². The van der Waals surface area contributed by atoms with Crippen molar-refractivity contribution in [2.24, 2.45) is 0 Å². The third kappa shape index (κ3) is 3.03. The molecule has 3 nitrogen and oxygen atoms in total. The second-order valence-electron chi connectivity index (χ2n) is 3.99. The Morgan fingerprint density at radius 1 is 1.41 bits per heavy atom. The highest BCUT2D eigenvalue weighted by atomic mass is 19.1. The lowest BCUT2D eigenvalue weighted by atomic mass is 10.0. The molecule has 4 heteroatoms. The summed E-state index contributed by atoms with van der Waals surface area (Å²) >= 11 is 0. The predicted octanol–water partition coefficient (Wildman–Crippen LogP) is 2.60. The molecule has 0 aromatic heterocycles. The molecule has 1 N–H and O–H groups in total. The van der Waals surface area contributed by atoms with Gasteiger partial charge in [-0.3, -0.25) is 9.69 Å². The van der Waals surface area contributed by atoms with Crippen molar-refractivity contribution in [1.29, 1.82) is 0 Å². The van der Waals surface area contributed by atoms with E-state index in [1.54, 1.807) is 17.0 Å². The van der Waals surface area contributed by atoms with E-state index in [0.29, 0.717) is 13.1 Å². The highest BCUT2D eigenvalue weighted by Crippen LogP contribution is 2.24. The van der Waals surface area contributed by atoms with E-state index >= 15 is 0 Å². The zero-order chi connectivity index (χ0) is 13.0. The number of aryl methyl sites for hydroxylation is 1. The third-order valence-corrected chi connectivity index (χ3v) is 2.86. The van der Waals surface area contributed by atoms with Crippen LogP contribution < -0.4 is 0 Å². The highest BCUT2D eigenvalue weighted by Gasteiger charge is 2.27. The van der Waals surface area contributed by atoms with Crippen LogP contribution in [0.4, 0.5) is 4.39 Å². The van der Waals surface area contributed by atoms with Crippen LogP contribution in [0.25, 0.3) is 0 Å². The lowest BCUT2D eigenvalue weighted by Crippen LogP contribution is -2.34. The molecule has 0 aliphatic heterocycles. The van der Waals surface area contributed by atoms with Gasteiger partial charge in [0.05, 0.1) is 0 Å². The van der Waals surface area contributed by atoms with Gasteiger partial charge in [-0.2, -0.15) is 0 Å². The molecular formula is C13H18FNO2. The van der Waals surface area contributed by atoms with Crippen LogP contribution in [-0.4, -0.2) is 29.1 Å². The van der Waals surface area contributed by atoms with Crippen molar-refractivity contribution < 1.29 is 14.3 Å². The number of rotatable bonds is 5. The van der Waals surface area contributed by atoms with Gasteiger partial charge in [0.15, 0.2) is 0 Å². The molecule has 1 aromatic carbocycles. The molecule has 1 atom stereocenters. The van der Waals surface area contributed by atoms with Crippen molar-refractivity contribution in [1.82, 2.24) is 4.90 Å². The summed E-state index contributed by atoms with van der Waals surface area (Å²) in [5.74, 6) is -1.48. The fourth-order valence-corrected chi connectivity index (χ4v) is 1.95. The van der Waals surface area contributed by atoms with E-state index in [9.17, 15) is 14.3 Å². The van der Waals surface area contributed by atoms with Crippen LogP contribution in [0.5, 0.6) is 0 Å². The molecule has 0 radical (unpaired) electrons. The van der Waals surface area contributed by atoms with Crippen molar-refractivity contribution in [3.63, 3.8) is 0 Å². The first kappa shape index (κ1) is 13.6. The van der Waals surface area contributed by atoms with Gasteiger partial charge >= 0.3 is 5.97 Å². The number of hydrogen-bond acceptors (Lipinski definition) is 2. The molecule has 1 unspecified atom stereocenters. The van der Waals surface area contributed by atoms with Crippen LogP contribution in [0.3, 0.4) is 0 Å². The maximum atomic E-state index is 13.7. The molecule has 17 heavy (non-hydrogen) atoms. The summed E-state index contributed by atoms with van der Waals surface area (Å²) in [5, 5.41) is 9.27. The average molecular weight is 239 g/mol. The van der Waals surface area contributed by atoms with Gasteiger partial charge in [0.2, 0.25) is 0 Å². The Bertz CT molecular complexity index is 402. The van der Waals surface area contributed by atoms with Gasteiger partial charge in [-0.25, -0.2) is 4.39 Å². The molecule has 0 fully saturated rings. The number of likely N-dealkylation sites (N-methyl/N-ethyl adjacent to an activating group) is 1. The van der Waals surface area contributed by atoms with E-state index in [1.807, 2.05) is 20.8 Å². The normalized spacial score (nSPS) is 12.8. The summed E-state index contributed by atoms with van der Waals surface area (Å²) in [4.78, 5) is 13.0. The fraction of sp³-hybridized carbons (Fsp3) is 0.462. The SMILES string of the molecule is CCN(CC)C(C(=O)O)c1cc(C)ccc1F. The van der Waals surface area contributed by atoms with Crippen molar-refractivity contribution in [3.8, 4) is 0 Å². The Morgan fingerprint density at radius 3 is 2.47 bits per heavy atom. The monoisotopic (exact) mass is 239 g/mol. The van der Waals surface area contributed by atoms with E-state index in [2.05, 4.69) is 0 Å². The van der Waals surface area contributed by atoms with Crippen LogP contribution in [0.2, 0.25) is 0 Å². The smallest absolute Gasteiger partial charge is 0.325 e. The van der Waals surface area contributed by atoms with Crippen molar-refractivity contribution in [3.05, 3.63) is 35.1 Å². The van der Waals surface area contributed by atoms with Crippen LogP contribution >= 0.6 is 0 Å². The summed E-state index contributed by atoms with van der Waals surface area (Å²) in [6, 6.07) is 3.65. The predicted molar refractivity (Wildman–Crippen MR) is 64.4 cm³/mol. The Morgan fingerprint density at radius 2 is 2.00 bits per heavy atom. The Labute approximate surface area is 101 Å². The number of carboxylic acids is 1. The summed E-state index contributed by atoms with van der Waals surface area (Å²) in [5.41, 5.74) is 1.10. The molecule has 1 rings (SSSR count). The molecular weight excluding hydrogens is 221 g/mol. The molecule has 0 aliphatic carbocycles. The molecule has 0 bridgehead atoms. The van der Waals surface area contributed by atoms with E-state index in [4.69, 9.17) is 0 Å². The summed E-state index contributed by atoms with van der Waals surface area (Å²) < 4.78 is 13.7. The van der Waals surface area contributed by atoms with E-state index in [1.165, 1.54) is 6.07 Å². The number of nitrogens with zero attached hydrogens (tertiary/aromatic N) is 1. The van der Waals surface area contributed by atoms with Gasteiger partial charge in [0, 0.05) is 5.56 Å². The molecule has 94 valence electrons. The Kier molecular flexibility index (Phi) is 4.63. The first-order valence-electron chi connectivity index (χ1n) is 5.74. The first-order chi connectivity index (χ1) is 8.01. The molecule has 0 aliphatic rings.